The van der Waals surface area contributed by atoms with Crippen LogP contribution in [-0.2, 0) is 10.1 Å². The topological polar surface area (TPSA) is 167 Å². The minimum absolute atomic E-state index is 0. The number of carboxylic acids is 1. The number of ketones is 2. The van der Waals surface area contributed by atoms with Crippen LogP contribution in [0.15, 0.2) is 57.9 Å². The molecule has 0 saturated heterocycles. The monoisotopic (exact) mass is 538 g/mol. The fourth-order valence-electron chi connectivity index (χ4n) is 3.46. The van der Waals surface area contributed by atoms with Crippen LogP contribution in [0.1, 0.15) is 42.2 Å². The molecule has 12 heteroatoms. The smallest absolute Gasteiger partial charge is 0.744 e. The maximum Gasteiger partial charge on any atom is 1.00 e. The van der Waals surface area contributed by atoms with Crippen molar-refractivity contribution in [3.05, 3.63) is 80.8 Å². The van der Waals surface area contributed by atoms with Gasteiger partial charge in [-0.3, -0.25) is 9.59 Å². The van der Waals surface area contributed by atoms with Gasteiger partial charge in [0, 0.05) is 21.3 Å². The third-order valence-corrected chi connectivity index (χ3v) is 6.42. The first kappa shape index (κ1) is 25.1. The van der Waals surface area contributed by atoms with Gasteiger partial charge in [0.1, 0.15) is 10.1 Å². The molecule has 0 spiro atoms. The van der Waals surface area contributed by atoms with Gasteiger partial charge >= 0.3 is 35.5 Å². The number of anilines is 3. The Kier molecular flexibility index (Phi) is 6.85. The normalized spacial score (nSPS) is 12.4. The van der Waals surface area contributed by atoms with Gasteiger partial charge in [-0.2, -0.15) is 0 Å². The van der Waals surface area contributed by atoms with E-state index in [9.17, 15) is 32.5 Å². The standard InChI is InChI=1S/C21H13BrN2O7S.Na/c22-14-8-15(24-10-3-1-2-9(6-10)21(27)28)16-17(18(14)23)19(25)12-5-4-11(32(29,30)31)7-13(12)20(16)26;/h1-8,24H,23H2,(H,27,28)(H,29,30,31);/q;+1/p-1. The Morgan fingerprint density at radius 3 is 2.30 bits per heavy atom. The Bertz CT molecular complexity index is 1470. The molecule has 0 radical (unpaired) electrons. The number of nitrogen functional groups attached to an aromatic ring is 1. The molecular formula is C21H12BrN2NaO7S. The van der Waals surface area contributed by atoms with Crippen molar-refractivity contribution < 1.29 is 62.0 Å². The fourth-order valence-corrected chi connectivity index (χ4v) is 4.38. The zero-order valence-corrected chi connectivity index (χ0v) is 21.3. The van der Waals surface area contributed by atoms with Crippen LogP contribution >= 0.6 is 15.9 Å². The van der Waals surface area contributed by atoms with Crippen LogP contribution in [0, 0.1) is 0 Å². The summed E-state index contributed by atoms with van der Waals surface area (Å²) in [6.07, 6.45) is 0. The summed E-state index contributed by atoms with van der Waals surface area (Å²) in [7, 11) is -4.86. The average molecular weight is 539 g/mol. The summed E-state index contributed by atoms with van der Waals surface area (Å²) in [5.41, 5.74) is 6.00. The summed E-state index contributed by atoms with van der Waals surface area (Å²) in [4.78, 5) is 37.1. The summed E-state index contributed by atoms with van der Waals surface area (Å²) in [5, 5.41) is 12.1. The van der Waals surface area contributed by atoms with Crippen LogP contribution < -0.4 is 40.6 Å². The quantitative estimate of drug-likeness (QED) is 0.186. The molecule has 0 fully saturated rings. The summed E-state index contributed by atoms with van der Waals surface area (Å²) >= 11 is 3.26. The second-order valence-electron chi connectivity index (χ2n) is 6.90. The Hall–Kier alpha value is -2.54. The molecule has 4 rings (SSSR count). The number of fused-ring (bicyclic) bond motifs is 2. The third-order valence-electron chi connectivity index (χ3n) is 4.93. The van der Waals surface area contributed by atoms with Gasteiger partial charge in [0.05, 0.1) is 33.0 Å². The molecule has 0 amide bonds. The van der Waals surface area contributed by atoms with Crippen molar-refractivity contribution in [3.63, 3.8) is 0 Å². The Balaban J connectivity index is 0.00000306. The first-order valence-electron chi connectivity index (χ1n) is 8.90. The number of rotatable bonds is 4. The van der Waals surface area contributed by atoms with Crippen molar-refractivity contribution in [2.45, 2.75) is 4.90 Å². The molecule has 0 atom stereocenters. The Morgan fingerprint density at radius 1 is 1.00 bits per heavy atom. The molecule has 3 aromatic rings. The van der Waals surface area contributed by atoms with Gasteiger partial charge in [-0.25, -0.2) is 13.2 Å². The molecule has 1 aliphatic rings. The van der Waals surface area contributed by atoms with E-state index in [1.807, 2.05) is 0 Å². The van der Waals surface area contributed by atoms with Crippen molar-refractivity contribution in [2.75, 3.05) is 11.1 Å². The second-order valence-corrected chi connectivity index (χ2v) is 9.13. The van der Waals surface area contributed by atoms with E-state index in [0.717, 1.165) is 18.2 Å². The van der Waals surface area contributed by atoms with Crippen molar-refractivity contribution in [2.24, 2.45) is 0 Å². The molecule has 33 heavy (non-hydrogen) atoms. The number of nitrogens with one attached hydrogen (secondary N) is 1. The maximum absolute atomic E-state index is 13.3. The van der Waals surface area contributed by atoms with E-state index in [0.29, 0.717) is 10.2 Å². The molecule has 9 nitrogen and oxygen atoms in total. The molecule has 0 saturated carbocycles. The van der Waals surface area contributed by atoms with Gasteiger partial charge in [0.25, 0.3) is 0 Å². The van der Waals surface area contributed by atoms with Gasteiger partial charge in [-0.15, -0.1) is 0 Å². The Morgan fingerprint density at radius 2 is 1.67 bits per heavy atom. The van der Waals surface area contributed by atoms with E-state index in [4.69, 9.17) is 5.73 Å². The van der Waals surface area contributed by atoms with Crippen LogP contribution in [-0.4, -0.2) is 35.6 Å². The molecule has 0 heterocycles. The van der Waals surface area contributed by atoms with E-state index >= 15 is 0 Å². The SMILES string of the molecule is Nc1c(Br)cc(Nc2cccc(C(=O)O)c2)c2c1C(=O)c1ccc(S(=O)(=O)[O-])cc1C2=O.[Na+]. The number of hydrogen-bond donors (Lipinski definition) is 3. The molecular weight excluding hydrogens is 527 g/mol. The first-order valence-corrected chi connectivity index (χ1v) is 11.1. The van der Waals surface area contributed by atoms with Crippen LogP contribution in [0.4, 0.5) is 17.1 Å². The predicted octanol–water partition coefficient (Wildman–Crippen LogP) is 0.157. The van der Waals surface area contributed by atoms with Gasteiger partial charge in [-0.1, -0.05) is 6.07 Å². The van der Waals surface area contributed by atoms with Crippen LogP contribution in [0.3, 0.4) is 0 Å². The van der Waals surface area contributed by atoms with Crippen molar-refractivity contribution in [1.82, 2.24) is 0 Å². The second kappa shape index (κ2) is 9.01. The van der Waals surface area contributed by atoms with Gasteiger partial charge in [-0.05, 0) is 58.4 Å². The maximum atomic E-state index is 13.3. The fraction of sp³-hybridized carbons (Fsp3) is 0. The minimum Gasteiger partial charge on any atom is -0.744 e. The molecule has 0 unspecified atom stereocenters. The zero-order chi connectivity index (χ0) is 23.4. The van der Waals surface area contributed by atoms with E-state index in [1.54, 1.807) is 6.07 Å². The number of nitrogens with two attached hydrogens (primary N) is 1. The van der Waals surface area contributed by atoms with Crippen LogP contribution in [0.2, 0.25) is 0 Å². The molecule has 1 aliphatic carbocycles. The Labute approximate surface area is 218 Å². The molecule has 0 bridgehead atoms. The largest absolute Gasteiger partial charge is 1.00 e. The summed E-state index contributed by atoms with van der Waals surface area (Å²) < 4.78 is 34.5. The van der Waals surface area contributed by atoms with E-state index < -0.39 is 32.5 Å². The number of carboxylic acid groups (broad SMARTS) is 1. The number of benzene rings is 3. The van der Waals surface area contributed by atoms with Gasteiger partial charge < -0.3 is 20.7 Å². The molecule has 4 N–H and O–H groups in total. The van der Waals surface area contributed by atoms with Gasteiger partial charge in [0.2, 0.25) is 0 Å². The molecule has 0 aliphatic heterocycles. The first-order chi connectivity index (χ1) is 15.0. The van der Waals surface area contributed by atoms with E-state index in [1.165, 1.54) is 24.3 Å². The van der Waals surface area contributed by atoms with Gasteiger partial charge in [0.15, 0.2) is 11.6 Å². The summed E-state index contributed by atoms with van der Waals surface area (Å²) in [5.74, 6) is -2.48. The number of carbonyl (C=O) groups excluding carboxylic acids is 2. The van der Waals surface area contributed by atoms with Crippen molar-refractivity contribution in [3.8, 4) is 0 Å². The number of hydrogen-bond acceptors (Lipinski definition) is 8. The van der Waals surface area contributed by atoms with Crippen LogP contribution in [0.5, 0.6) is 0 Å². The zero-order valence-electron chi connectivity index (χ0n) is 16.9. The number of carbonyl (C=O) groups is 3. The summed E-state index contributed by atoms with van der Waals surface area (Å²) in [6, 6.07) is 10.2. The van der Waals surface area contributed by atoms with Crippen molar-refractivity contribution in [1.29, 1.82) is 0 Å². The predicted molar refractivity (Wildman–Crippen MR) is 117 cm³/mol. The minimum atomic E-state index is -4.86. The molecule has 3 aromatic carbocycles. The number of halogens is 1. The van der Waals surface area contributed by atoms with E-state index in [2.05, 4.69) is 21.2 Å². The molecule has 162 valence electrons. The molecule has 0 aromatic heterocycles. The average Bonchev–Trinajstić information content (AvgIpc) is 2.73. The third kappa shape index (κ3) is 4.47. The van der Waals surface area contributed by atoms with Crippen molar-refractivity contribution >= 4 is 60.6 Å². The van der Waals surface area contributed by atoms with E-state index in [-0.39, 0.29) is 68.7 Å². The number of aromatic carboxylic acids is 1. The van der Waals surface area contributed by atoms with Crippen LogP contribution in [0.25, 0.3) is 0 Å². The summed E-state index contributed by atoms with van der Waals surface area (Å²) in [6.45, 7) is 0.